The van der Waals surface area contributed by atoms with Crippen LogP contribution in [0, 0.1) is 5.41 Å². The van der Waals surface area contributed by atoms with Crippen molar-refractivity contribution in [2.24, 2.45) is 10.4 Å². The number of guanidine groups is 1. The van der Waals surface area contributed by atoms with Crippen molar-refractivity contribution < 1.29 is 4.74 Å². The third-order valence-electron chi connectivity index (χ3n) is 5.93. The summed E-state index contributed by atoms with van der Waals surface area (Å²) in [5, 5.41) is 3.61. The van der Waals surface area contributed by atoms with Gasteiger partial charge < -0.3 is 15.0 Å². The highest BCUT2D eigenvalue weighted by atomic mass is 16.5. The summed E-state index contributed by atoms with van der Waals surface area (Å²) < 4.78 is 5.22. The minimum absolute atomic E-state index is 0.153. The predicted octanol–water partition coefficient (Wildman–Crippen LogP) is 1.79. The van der Waals surface area contributed by atoms with E-state index in [-0.39, 0.29) is 5.54 Å². The molecule has 1 N–H and O–H groups in total. The fourth-order valence-corrected chi connectivity index (χ4v) is 3.53. The summed E-state index contributed by atoms with van der Waals surface area (Å²) in [6.07, 6.45) is 2.56. The van der Waals surface area contributed by atoms with Crippen LogP contribution in [0.15, 0.2) is 4.99 Å². The summed E-state index contributed by atoms with van der Waals surface area (Å²) >= 11 is 0. The van der Waals surface area contributed by atoms with E-state index in [9.17, 15) is 0 Å². The molecule has 5 nitrogen and oxygen atoms in total. The van der Waals surface area contributed by atoms with E-state index < -0.39 is 0 Å². The highest BCUT2D eigenvalue weighted by Crippen LogP contribution is 2.46. The van der Waals surface area contributed by atoms with E-state index in [0.717, 1.165) is 32.2 Å². The summed E-state index contributed by atoms with van der Waals surface area (Å²) in [7, 11) is 3.67. The lowest BCUT2D eigenvalue weighted by molar-refractivity contribution is -0.0668. The second kappa shape index (κ2) is 6.75. The zero-order valence-electron chi connectivity index (χ0n) is 15.3. The van der Waals surface area contributed by atoms with E-state index in [4.69, 9.17) is 4.74 Å². The monoisotopic (exact) mass is 310 g/mol. The molecule has 2 saturated heterocycles. The molecule has 0 bridgehead atoms. The Morgan fingerprint density at radius 3 is 2.59 bits per heavy atom. The van der Waals surface area contributed by atoms with Gasteiger partial charge >= 0.3 is 0 Å². The number of nitrogens with one attached hydrogen (secondary N) is 1. The number of likely N-dealkylation sites (tertiary alicyclic amines) is 2. The fraction of sp³-hybridized carbons (Fsp3) is 0.941. The van der Waals surface area contributed by atoms with Crippen LogP contribution in [0.3, 0.4) is 0 Å². The van der Waals surface area contributed by atoms with Gasteiger partial charge in [0.15, 0.2) is 5.96 Å². The third-order valence-corrected chi connectivity index (χ3v) is 5.93. The van der Waals surface area contributed by atoms with Crippen molar-refractivity contribution in [3.8, 4) is 0 Å². The highest BCUT2D eigenvalue weighted by Gasteiger charge is 2.53. The van der Waals surface area contributed by atoms with Crippen LogP contribution in [0.2, 0.25) is 0 Å². The Kier molecular flexibility index (Phi) is 5.38. The zero-order valence-corrected chi connectivity index (χ0v) is 15.3. The van der Waals surface area contributed by atoms with E-state index >= 15 is 0 Å². The molecule has 2 heterocycles. The summed E-state index contributed by atoms with van der Waals surface area (Å²) in [4.78, 5) is 9.45. The molecule has 22 heavy (non-hydrogen) atoms. The van der Waals surface area contributed by atoms with Gasteiger partial charge in [0.25, 0.3) is 0 Å². The first-order valence-corrected chi connectivity index (χ1v) is 8.55. The van der Waals surface area contributed by atoms with Gasteiger partial charge in [-0.05, 0) is 33.2 Å². The topological polar surface area (TPSA) is 40.1 Å². The van der Waals surface area contributed by atoms with Crippen molar-refractivity contribution in [1.29, 1.82) is 0 Å². The SMILES string of the molecule is CN=C(NCC1CCCN1CCOC)N1CC(C)(C)C1(C)C. The highest BCUT2D eigenvalue weighted by molar-refractivity contribution is 5.82. The Balaban J connectivity index is 1.87. The molecule has 0 spiro atoms. The first kappa shape index (κ1) is 17.5. The van der Waals surface area contributed by atoms with Crippen molar-refractivity contribution in [2.75, 3.05) is 46.9 Å². The molecule has 0 amide bonds. The van der Waals surface area contributed by atoms with Gasteiger partial charge in [-0.1, -0.05) is 13.8 Å². The third kappa shape index (κ3) is 3.25. The smallest absolute Gasteiger partial charge is 0.194 e. The predicted molar refractivity (Wildman–Crippen MR) is 92.4 cm³/mol. The molecule has 0 radical (unpaired) electrons. The van der Waals surface area contributed by atoms with Crippen LogP contribution in [0.1, 0.15) is 40.5 Å². The second-order valence-corrected chi connectivity index (χ2v) is 7.78. The van der Waals surface area contributed by atoms with Gasteiger partial charge in [-0.2, -0.15) is 0 Å². The van der Waals surface area contributed by atoms with Crippen LogP contribution in [0.5, 0.6) is 0 Å². The van der Waals surface area contributed by atoms with Gasteiger partial charge in [-0.25, -0.2) is 0 Å². The molecule has 2 fully saturated rings. The van der Waals surface area contributed by atoms with Crippen LogP contribution < -0.4 is 5.32 Å². The molecule has 0 saturated carbocycles. The molecular formula is C17H34N4O. The maximum atomic E-state index is 5.22. The average molecular weight is 310 g/mol. The first-order valence-electron chi connectivity index (χ1n) is 8.55. The van der Waals surface area contributed by atoms with Gasteiger partial charge in [-0.3, -0.25) is 9.89 Å². The van der Waals surface area contributed by atoms with Crippen molar-refractivity contribution in [3.63, 3.8) is 0 Å². The lowest BCUT2D eigenvalue weighted by Crippen LogP contribution is -2.72. The van der Waals surface area contributed by atoms with Crippen LogP contribution in [0.4, 0.5) is 0 Å². The molecule has 0 aromatic rings. The van der Waals surface area contributed by atoms with Gasteiger partial charge in [-0.15, -0.1) is 0 Å². The molecule has 0 aromatic heterocycles. The molecule has 5 heteroatoms. The second-order valence-electron chi connectivity index (χ2n) is 7.78. The summed E-state index contributed by atoms with van der Waals surface area (Å²) in [6, 6.07) is 0.601. The number of rotatable bonds is 5. The Morgan fingerprint density at radius 1 is 1.32 bits per heavy atom. The number of nitrogens with zero attached hydrogens (tertiary/aromatic N) is 3. The Labute approximate surface area is 136 Å². The molecule has 2 aliphatic heterocycles. The van der Waals surface area contributed by atoms with E-state index in [1.165, 1.54) is 19.4 Å². The van der Waals surface area contributed by atoms with E-state index in [2.05, 4.69) is 47.8 Å². The van der Waals surface area contributed by atoms with Crippen LogP contribution in [0.25, 0.3) is 0 Å². The largest absolute Gasteiger partial charge is 0.383 e. The Hall–Kier alpha value is -0.810. The molecular weight excluding hydrogens is 276 g/mol. The van der Waals surface area contributed by atoms with Crippen molar-refractivity contribution in [1.82, 2.24) is 15.1 Å². The maximum Gasteiger partial charge on any atom is 0.194 e. The number of hydrogen-bond acceptors (Lipinski definition) is 3. The minimum atomic E-state index is 0.153. The molecule has 0 aromatic carbocycles. The molecule has 128 valence electrons. The van der Waals surface area contributed by atoms with E-state index in [0.29, 0.717) is 11.5 Å². The zero-order chi connectivity index (χ0) is 16.4. The number of aliphatic imine (C=N–C) groups is 1. The molecule has 1 atom stereocenters. The van der Waals surface area contributed by atoms with E-state index in [1.54, 1.807) is 7.11 Å². The lowest BCUT2D eigenvalue weighted by Gasteiger charge is -2.62. The van der Waals surface area contributed by atoms with Gasteiger partial charge in [0.2, 0.25) is 0 Å². The Morgan fingerprint density at radius 2 is 2.05 bits per heavy atom. The average Bonchev–Trinajstić information content (AvgIpc) is 2.92. The fourth-order valence-electron chi connectivity index (χ4n) is 3.53. The minimum Gasteiger partial charge on any atom is -0.383 e. The summed E-state index contributed by atoms with van der Waals surface area (Å²) in [5.41, 5.74) is 0.489. The summed E-state index contributed by atoms with van der Waals surface area (Å²) in [5.74, 6) is 1.04. The van der Waals surface area contributed by atoms with Gasteiger partial charge in [0.05, 0.1) is 6.61 Å². The van der Waals surface area contributed by atoms with Crippen molar-refractivity contribution in [2.45, 2.75) is 52.1 Å². The molecule has 2 rings (SSSR count). The lowest BCUT2D eigenvalue weighted by atomic mass is 9.65. The maximum absolute atomic E-state index is 5.22. The van der Waals surface area contributed by atoms with Crippen LogP contribution in [-0.2, 0) is 4.74 Å². The van der Waals surface area contributed by atoms with E-state index in [1.807, 2.05) is 7.05 Å². The standard InChI is InChI=1S/C17H34N4O/c1-16(2)13-21(17(16,3)4)15(18-5)19-12-14-8-7-9-20(14)10-11-22-6/h14H,7-13H2,1-6H3,(H,18,19). The number of ether oxygens (including phenoxy) is 1. The quantitative estimate of drug-likeness (QED) is 0.621. The molecule has 0 aliphatic carbocycles. The number of hydrogen-bond donors (Lipinski definition) is 1. The van der Waals surface area contributed by atoms with Gasteiger partial charge in [0, 0.05) is 50.8 Å². The summed E-state index contributed by atoms with van der Waals surface area (Å²) in [6.45, 7) is 14.4. The van der Waals surface area contributed by atoms with Crippen LogP contribution in [-0.4, -0.2) is 74.3 Å². The van der Waals surface area contributed by atoms with Crippen LogP contribution >= 0.6 is 0 Å². The number of methoxy groups -OCH3 is 1. The first-order chi connectivity index (χ1) is 10.3. The van der Waals surface area contributed by atoms with Crippen molar-refractivity contribution >= 4 is 5.96 Å². The van der Waals surface area contributed by atoms with Crippen molar-refractivity contribution in [3.05, 3.63) is 0 Å². The Bertz CT molecular complexity index is 405. The normalized spacial score (nSPS) is 27.8. The molecule has 2 aliphatic rings. The molecule has 1 unspecified atom stereocenters. The van der Waals surface area contributed by atoms with Gasteiger partial charge in [0.1, 0.15) is 0 Å².